The Labute approximate surface area is 147 Å². The van der Waals surface area contributed by atoms with Gasteiger partial charge in [-0.1, -0.05) is 24.3 Å². The van der Waals surface area contributed by atoms with Crippen molar-refractivity contribution in [3.8, 4) is 11.5 Å². The van der Waals surface area contributed by atoms with Crippen molar-refractivity contribution in [3.05, 3.63) is 59.8 Å². The van der Waals surface area contributed by atoms with Crippen molar-refractivity contribution in [1.29, 1.82) is 0 Å². The van der Waals surface area contributed by atoms with Crippen LogP contribution in [0, 0.1) is 0 Å². The minimum absolute atomic E-state index is 0.0106. The Hall–Kier alpha value is -2.95. The van der Waals surface area contributed by atoms with Gasteiger partial charge >= 0.3 is 0 Å². The van der Waals surface area contributed by atoms with Crippen LogP contribution in [-0.2, 0) is 17.8 Å². The minimum atomic E-state index is 0.0106. The number of carbonyl (C=O) groups excluding carboxylic acids is 1. The van der Waals surface area contributed by atoms with Gasteiger partial charge in [0.25, 0.3) is 0 Å². The number of hydrogen-bond acceptors (Lipinski definition) is 3. The monoisotopic (exact) mass is 338 g/mol. The van der Waals surface area contributed by atoms with Gasteiger partial charge in [-0.05, 0) is 35.6 Å². The average molecular weight is 338 g/mol. The van der Waals surface area contributed by atoms with Crippen LogP contribution in [0.2, 0.25) is 0 Å². The van der Waals surface area contributed by atoms with Crippen LogP contribution < -0.4 is 14.8 Å². The molecule has 0 aliphatic rings. The first kappa shape index (κ1) is 16.9. The molecule has 0 atom stereocenters. The van der Waals surface area contributed by atoms with Gasteiger partial charge in [0.1, 0.15) is 0 Å². The Morgan fingerprint density at radius 2 is 2.00 bits per heavy atom. The Balaban J connectivity index is 1.56. The number of fused-ring (bicyclic) bond motifs is 1. The molecule has 0 radical (unpaired) electrons. The van der Waals surface area contributed by atoms with E-state index in [1.165, 1.54) is 5.39 Å². The second-order valence-corrected chi connectivity index (χ2v) is 5.83. The highest BCUT2D eigenvalue weighted by Gasteiger charge is 2.10. The van der Waals surface area contributed by atoms with E-state index in [-0.39, 0.29) is 5.91 Å². The lowest BCUT2D eigenvalue weighted by molar-refractivity contribution is -0.121. The maximum atomic E-state index is 12.2. The van der Waals surface area contributed by atoms with Gasteiger partial charge < -0.3 is 19.8 Å². The molecule has 0 spiro atoms. The largest absolute Gasteiger partial charge is 0.493 e. The summed E-state index contributed by atoms with van der Waals surface area (Å²) in [5.74, 6) is 1.33. The summed E-state index contributed by atoms with van der Waals surface area (Å²) in [5.41, 5.74) is 3.13. The third-order valence-corrected chi connectivity index (χ3v) is 4.22. The number of para-hydroxylation sites is 1. The van der Waals surface area contributed by atoms with Gasteiger partial charge in [0, 0.05) is 30.2 Å². The number of aromatic amines is 1. The van der Waals surface area contributed by atoms with Gasteiger partial charge in [-0.25, -0.2) is 0 Å². The number of aryl methyl sites for hydroxylation is 1. The van der Waals surface area contributed by atoms with Gasteiger partial charge in [0.05, 0.1) is 14.2 Å². The molecule has 3 aromatic rings. The van der Waals surface area contributed by atoms with Gasteiger partial charge in [0.15, 0.2) is 11.5 Å². The molecule has 0 aliphatic heterocycles. The number of carbonyl (C=O) groups is 1. The number of nitrogens with one attached hydrogen (secondary N) is 2. The predicted octanol–water partition coefficient (Wildman–Crippen LogP) is 3.43. The van der Waals surface area contributed by atoms with Crippen molar-refractivity contribution in [2.75, 3.05) is 14.2 Å². The number of methoxy groups -OCH3 is 2. The quantitative estimate of drug-likeness (QED) is 0.694. The van der Waals surface area contributed by atoms with E-state index in [1.807, 2.05) is 30.5 Å². The Morgan fingerprint density at radius 3 is 2.80 bits per heavy atom. The molecule has 0 fully saturated rings. The predicted molar refractivity (Wildman–Crippen MR) is 98.0 cm³/mol. The smallest absolute Gasteiger partial charge is 0.220 e. The summed E-state index contributed by atoms with van der Waals surface area (Å²) in [6.07, 6.45) is 3.07. The summed E-state index contributed by atoms with van der Waals surface area (Å²) in [4.78, 5) is 15.4. The number of benzene rings is 2. The lowest BCUT2D eigenvalue weighted by Crippen LogP contribution is -2.23. The minimum Gasteiger partial charge on any atom is -0.493 e. The van der Waals surface area contributed by atoms with Crippen LogP contribution in [0.25, 0.3) is 10.9 Å². The van der Waals surface area contributed by atoms with Crippen molar-refractivity contribution in [2.45, 2.75) is 19.4 Å². The number of rotatable bonds is 7. The van der Waals surface area contributed by atoms with E-state index in [9.17, 15) is 4.79 Å². The lowest BCUT2D eigenvalue weighted by atomic mass is 10.1. The average Bonchev–Trinajstić information content (AvgIpc) is 3.11. The van der Waals surface area contributed by atoms with Crippen LogP contribution in [0.15, 0.2) is 48.7 Å². The third kappa shape index (κ3) is 3.94. The number of aromatic nitrogens is 1. The third-order valence-electron chi connectivity index (χ3n) is 4.22. The van der Waals surface area contributed by atoms with Crippen LogP contribution in [0.3, 0.4) is 0 Å². The summed E-state index contributed by atoms with van der Waals surface area (Å²) in [6.45, 7) is 0.412. The molecule has 0 unspecified atom stereocenters. The zero-order chi connectivity index (χ0) is 17.6. The molecule has 1 aromatic heterocycles. The zero-order valence-electron chi connectivity index (χ0n) is 14.5. The lowest BCUT2D eigenvalue weighted by Gasteiger charge is -2.13. The fourth-order valence-electron chi connectivity index (χ4n) is 2.88. The van der Waals surface area contributed by atoms with E-state index in [1.54, 1.807) is 14.2 Å². The maximum Gasteiger partial charge on any atom is 0.220 e. The first-order valence-electron chi connectivity index (χ1n) is 8.24. The van der Waals surface area contributed by atoms with Gasteiger partial charge in [-0.15, -0.1) is 0 Å². The summed E-state index contributed by atoms with van der Waals surface area (Å²) in [6, 6.07) is 13.9. The summed E-state index contributed by atoms with van der Waals surface area (Å²) in [5, 5.41) is 4.12. The molecule has 1 amide bonds. The summed E-state index contributed by atoms with van der Waals surface area (Å²) < 4.78 is 10.7. The van der Waals surface area contributed by atoms with Gasteiger partial charge in [-0.2, -0.15) is 0 Å². The Morgan fingerprint density at radius 1 is 1.12 bits per heavy atom. The van der Waals surface area contributed by atoms with E-state index in [0.717, 1.165) is 16.6 Å². The highest BCUT2D eigenvalue weighted by molar-refractivity contribution is 5.80. The molecule has 5 nitrogen and oxygen atoms in total. The van der Waals surface area contributed by atoms with Crippen LogP contribution >= 0.6 is 0 Å². The molecule has 25 heavy (non-hydrogen) atoms. The SMILES string of the molecule is COc1cccc(CNC(=O)CCc2ccc3cc[nH]c3c2)c1OC. The summed E-state index contributed by atoms with van der Waals surface area (Å²) in [7, 11) is 3.20. The standard InChI is InChI=1S/C20H22N2O3/c1-24-18-5-3-4-16(20(18)25-2)13-22-19(23)9-7-14-6-8-15-10-11-21-17(15)12-14/h3-6,8,10-12,21H,7,9,13H2,1-2H3,(H,22,23). The van der Waals surface area contributed by atoms with Crippen LogP contribution in [-0.4, -0.2) is 25.1 Å². The molecule has 0 saturated heterocycles. The van der Waals surface area contributed by atoms with E-state index in [0.29, 0.717) is 30.9 Å². The van der Waals surface area contributed by atoms with E-state index in [2.05, 4.69) is 28.5 Å². The van der Waals surface area contributed by atoms with E-state index in [4.69, 9.17) is 9.47 Å². The van der Waals surface area contributed by atoms with Crippen molar-refractivity contribution in [2.24, 2.45) is 0 Å². The normalized spacial score (nSPS) is 10.6. The first-order valence-corrected chi connectivity index (χ1v) is 8.24. The molecule has 0 bridgehead atoms. The second kappa shape index (κ2) is 7.75. The first-order chi connectivity index (χ1) is 12.2. The van der Waals surface area contributed by atoms with E-state index >= 15 is 0 Å². The molecule has 0 aliphatic carbocycles. The van der Waals surface area contributed by atoms with E-state index < -0.39 is 0 Å². The Kier molecular flexibility index (Phi) is 5.23. The molecule has 3 rings (SSSR count). The maximum absolute atomic E-state index is 12.2. The van der Waals surface area contributed by atoms with Crippen molar-refractivity contribution < 1.29 is 14.3 Å². The zero-order valence-corrected chi connectivity index (χ0v) is 14.5. The topological polar surface area (TPSA) is 63.3 Å². The second-order valence-electron chi connectivity index (χ2n) is 5.83. The highest BCUT2D eigenvalue weighted by Crippen LogP contribution is 2.30. The molecular weight excluding hydrogens is 316 g/mol. The Bertz CT molecular complexity index is 870. The molecular formula is C20H22N2O3. The number of amides is 1. The van der Waals surface area contributed by atoms with Crippen molar-refractivity contribution >= 4 is 16.8 Å². The molecule has 2 aromatic carbocycles. The van der Waals surface area contributed by atoms with Gasteiger partial charge in [0.2, 0.25) is 5.91 Å². The van der Waals surface area contributed by atoms with Crippen molar-refractivity contribution in [1.82, 2.24) is 10.3 Å². The van der Waals surface area contributed by atoms with Crippen LogP contribution in [0.1, 0.15) is 17.5 Å². The fourth-order valence-corrected chi connectivity index (χ4v) is 2.88. The molecule has 5 heteroatoms. The van der Waals surface area contributed by atoms with Gasteiger partial charge in [-0.3, -0.25) is 4.79 Å². The number of hydrogen-bond donors (Lipinski definition) is 2. The molecule has 1 heterocycles. The van der Waals surface area contributed by atoms with Crippen molar-refractivity contribution in [3.63, 3.8) is 0 Å². The number of H-pyrrole nitrogens is 1. The molecule has 130 valence electrons. The highest BCUT2D eigenvalue weighted by atomic mass is 16.5. The number of ether oxygens (including phenoxy) is 2. The molecule has 0 saturated carbocycles. The van der Waals surface area contributed by atoms with Crippen LogP contribution in [0.4, 0.5) is 0 Å². The molecule has 2 N–H and O–H groups in total. The summed E-state index contributed by atoms with van der Waals surface area (Å²) >= 11 is 0. The van der Waals surface area contributed by atoms with Crippen LogP contribution in [0.5, 0.6) is 11.5 Å². The fraction of sp³-hybridized carbons (Fsp3) is 0.250.